The number of carbonyl (C=O) groups is 2. The van der Waals surface area contributed by atoms with Gasteiger partial charge in [0.25, 0.3) is 0 Å². The van der Waals surface area contributed by atoms with Crippen molar-refractivity contribution in [3.63, 3.8) is 0 Å². The molecule has 0 radical (unpaired) electrons. The van der Waals surface area contributed by atoms with Crippen molar-refractivity contribution in [2.24, 2.45) is 11.8 Å². The second kappa shape index (κ2) is 6.64. The molecule has 130 valence electrons. The van der Waals surface area contributed by atoms with E-state index < -0.39 is 0 Å². The maximum atomic E-state index is 12.8. The molecule has 2 unspecified atom stereocenters. The van der Waals surface area contributed by atoms with Gasteiger partial charge in [-0.1, -0.05) is 36.4 Å². The quantitative estimate of drug-likeness (QED) is 0.929. The number of hydrogen-bond donors (Lipinski definition) is 1. The molecule has 4 rings (SSSR count). The van der Waals surface area contributed by atoms with Crippen LogP contribution in [-0.4, -0.2) is 23.3 Å². The molecule has 2 amide bonds. The minimum Gasteiger partial charge on any atom is -0.338 e. The molecule has 5 heteroatoms. The Kier molecular flexibility index (Phi) is 4.18. The highest BCUT2D eigenvalue weighted by molar-refractivity contribution is 6.00. The average molecular weight is 345 g/mol. The number of nitrogens with one attached hydrogen (secondary N) is 1. The van der Waals surface area contributed by atoms with Crippen molar-refractivity contribution in [2.45, 2.75) is 19.4 Å². The van der Waals surface area contributed by atoms with Gasteiger partial charge < -0.3 is 10.2 Å². The largest absolute Gasteiger partial charge is 0.338 e. The van der Waals surface area contributed by atoms with Gasteiger partial charge in [-0.15, -0.1) is 0 Å². The highest BCUT2D eigenvalue weighted by Gasteiger charge is 2.49. The van der Waals surface area contributed by atoms with Gasteiger partial charge in [0.15, 0.2) is 0 Å². The van der Waals surface area contributed by atoms with E-state index >= 15 is 0 Å². The molecule has 2 aliphatic rings. The van der Waals surface area contributed by atoms with Crippen LogP contribution in [0.15, 0.2) is 48.5 Å². The SMILES string of the molecule is N#Cc1ccccc1NC(=O)C1CC1C(=O)N1CCc2ccccc2C1. The van der Waals surface area contributed by atoms with Crippen LogP contribution in [0.25, 0.3) is 0 Å². The van der Waals surface area contributed by atoms with Gasteiger partial charge >= 0.3 is 0 Å². The first-order valence-corrected chi connectivity index (χ1v) is 8.83. The molecule has 1 saturated carbocycles. The predicted molar refractivity (Wildman–Crippen MR) is 96.9 cm³/mol. The van der Waals surface area contributed by atoms with E-state index in [2.05, 4.69) is 23.5 Å². The first kappa shape index (κ1) is 16.3. The number of para-hydroxylation sites is 1. The zero-order valence-electron chi connectivity index (χ0n) is 14.3. The zero-order chi connectivity index (χ0) is 18.1. The van der Waals surface area contributed by atoms with Gasteiger partial charge in [-0.25, -0.2) is 0 Å². The Bertz CT molecular complexity index is 915. The molecular weight excluding hydrogens is 326 g/mol. The Hall–Kier alpha value is -3.13. The normalized spacial score (nSPS) is 20.7. The fourth-order valence-electron chi connectivity index (χ4n) is 3.59. The summed E-state index contributed by atoms with van der Waals surface area (Å²) in [5.74, 6) is -0.655. The lowest BCUT2D eigenvalue weighted by Crippen LogP contribution is -2.37. The number of nitrogens with zero attached hydrogens (tertiary/aromatic N) is 2. The van der Waals surface area contributed by atoms with E-state index in [-0.39, 0.29) is 23.7 Å². The molecule has 2 atom stereocenters. The number of carbonyl (C=O) groups excluding carboxylic acids is 2. The Morgan fingerprint density at radius 1 is 1.04 bits per heavy atom. The van der Waals surface area contributed by atoms with Crippen LogP contribution in [0.5, 0.6) is 0 Å². The first-order chi connectivity index (χ1) is 12.7. The van der Waals surface area contributed by atoms with Crippen molar-refractivity contribution in [1.29, 1.82) is 5.26 Å². The molecule has 0 aromatic heterocycles. The monoisotopic (exact) mass is 345 g/mol. The molecule has 2 aromatic rings. The number of fused-ring (bicyclic) bond motifs is 1. The molecule has 0 saturated heterocycles. The molecule has 0 bridgehead atoms. The van der Waals surface area contributed by atoms with E-state index in [9.17, 15) is 9.59 Å². The van der Waals surface area contributed by atoms with Crippen molar-refractivity contribution in [3.05, 3.63) is 65.2 Å². The molecule has 1 aliphatic carbocycles. The van der Waals surface area contributed by atoms with Crippen molar-refractivity contribution >= 4 is 17.5 Å². The summed E-state index contributed by atoms with van der Waals surface area (Å²) in [7, 11) is 0. The number of amides is 2. The lowest BCUT2D eigenvalue weighted by atomic mass is 9.99. The van der Waals surface area contributed by atoms with Crippen LogP contribution in [0.3, 0.4) is 0 Å². The van der Waals surface area contributed by atoms with E-state index in [0.29, 0.717) is 30.8 Å². The number of anilines is 1. The van der Waals surface area contributed by atoms with Gasteiger partial charge in [0, 0.05) is 13.1 Å². The predicted octanol–water partition coefficient (Wildman–Crippen LogP) is 2.72. The summed E-state index contributed by atoms with van der Waals surface area (Å²) in [6.45, 7) is 1.33. The Labute approximate surface area is 152 Å². The summed E-state index contributed by atoms with van der Waals surface area (Å²) < 4.78 is 0. The Morgan fingerprint density at radius 3 is 2.58 bits per heavy atom. The summed E-state index contributed by atoms with van der Waals surface area (Å²) in [5, 5.41) is 11.9. The Morgan fingerprint density at radius 2 is 1.77 bits per heavy atom. The van der Waals surface area contributed by atoms with Gasteiger partial charge in [-0.2, -0.15) is 5.26 Å². The highest BCUT2D eigenvalue weighted by Crippen LogP contribution is 2.41. The molecule has 26 heavy (non-hydrogen) atoms. The molecule has 1 N–H and O–H groups in total. The van der Waals surface area contributed by atoms with Crippen LogP contribution >= 0.6 is 0 Å². The minimum absolute atomic E-state index is 0.0632. The van der Waals surface area contributed by atoms with Gasteiger partial charge in [0.1, 0.15) is 6.07 Å². The van der Waals surface area contributed by atoms with Crippen molar-refractivity contribution in [2.75, 3.05) is 11.9 Å². The summed E-state index contributed by atoms with van der Waals surface area (Å²) in [6, 6.07) is 17.2. The van der Waals surface area contributed by atoms with Gasteiger partial charge in [0.05, 0.1) is 23.1 Å². The van der Waals surface area contributed by atoms with Gasteiger partial charge in [-0.05, 0) is 36.1 Å². The van der Waals surface area contributed by atoms with Crippen LogP contribution in [0, 0.1) is 23.2 Å². The zero-order valence-corrected chi connectivity index (χ0v) is 14.3. The molecule has 2 aromatic carbocycles. The minimum atomic E-state index is -0.300. The van der Waals surface area contributed by atoms with E-state index in [4.69, 9.17) is 5.26 Å². The second-order valence-corrected chi connectivity index (χ2v) is 6.87. The second-order valence-electron chi connectivity index (χ2n) is 6.87. The molecule has 1 aliphatic heterocycles. The summed E-state index contributed by atoms with van der Waals surface area (Å²) in [5.41, 5.74) is 3.42. The molecule has 0 spiro atoms. The van der Waals surface area contributed by atoms with Crippen molar-refractivity contribution in [1.82, 2.24) is 4.90 Å². The van der Waals surface area contributed by atoms with Crippen molar-refractivity contribution in [3.8, 4) is 6.07 Å². The molecular formula is C21H19N3O2. The number of benzene rings is 2. The third-order valence-corrected chi connectivity index (χ3v) is 5.19. The lowest BCUT2D eigenvalue weighted by Gasteiger charge is -2.29. The maximum absolute atomic E-state index is 12.8. The van der Waals surface area contributed by atoms with Crippen LogP contribution in [-0.2, 0) is 22.6 Å². The van der Waals surface area contributed by atoms with Crippen molar-refractivity contribution < 1.29 is 9.59 Å². The summed E-state index contributed by atoms with van der Waals surface area (Å²) in [6.07, 6.45) is 1.44. The van der Waals surface area contributed by atoms with Gasteiger partial charge in [0.2, 0.25) is 11.8 Å². The highest BCUT2D eigenvalue weighted by atomic mass is 16.2. The van der Waals surface area contributed by atoms with Crippen LogP contribution in [0.1, 0.15) is 23.1 Å². The third kappa shape index (κ3) is 3.06. The third-order valence-electron chi connectivity index (χ3n) is 5.19. The van der Waals surface area contributed by atoms with E-state index in [1.807, 2.05) is 17.0 Å². The first-order valence-electron chi connectivity index (χ1n) is 8.83. The summed E-state index contributed by atoms with van der Waals surface area (Å²) >= 11 is 0. The molecule has 5 nitrogen and oxygen atoms in total. The molecule has 1 heterocycles. The number of rotatable bonds is 3. The van der Waals surface area contributed by atoms with E-state index in [0.717, 1.165) is 6.42 Å². The fourth-order valence-corrected chi connectivity index (χ4v) is 3.59. The standard InChI is InChI=1S/C21H19N3O2/c22-12-15-6-3-4-8-19(15)23-20(25)17-11-18(17)21(26)24-10-9-14-5-1-2-7-16(14)13-24/h1-8,17-18H,9-11,13H2,(H,23,25). The van der Waals surface area contributed by atoms with Crippen LogP contribution in [0.4, 0.5) is 5.69 Å². The number of nitriles is 1. The Balaban J connectivity index is 1.38. The molecule has 1 fully saturated rings. The summed E-state index contributed by atoms with van der Waals surface area (Å²) in [4.78, 5) is 27.1. The maximum Gasteiger partial charge on any atom is 0.228 e. The average Bonchev–Trinajstić information content (AvgIpc) is 3.48. The van der Waals surface area contributed by atoms with E-state index in [1.165, 1.54) is 11.1 Å². The van der Waals surface area contributed by atoms with Crippen LogP contribution < -0.4 is 5.32 Å². The number of hydrogen-bond acceptors (Lipinski definition) is 3. The topological polar surface area (TPSA) is 73.2 Å². The van der Waals surface area contributed by atoms with Gasteiger partial charge in [-0.3, -0.25) is 9.59 Å². The smallest absolute Gasteiger partial charge is 0.228 e. The van der Waals surface area contributed by atoms with E-state index in [1.54, 1.807) is 24.3 Å². The lowest BCUT2D eigenvalue weighted by molar-refractivity contribution is -0.135. The van der Waals surface area contributed by atoms with Crippen LogP contribution in [0.2, 0.25) is 0 Å². The fraction of sp³-hybridized carbons (Fsp3) is 0.286.